The van der Waals surface area contributed by atoms with E-state index < -0.39 is 5.97 Å². The summed E-state index contributed by atoms with van der Waals surface area (Å²) < 4.78 is 0.932. The summed E-state index contributed by atoms with van der Waals surface area (Å²) in [5.41, 5.74) is 3.55. The van der Waals surface area contributed by atoms with Crippen molar-refractivity contribution in [2.75, 3.05) is 5.32 Å². The highest BCUT2D eigenvalue weighted by Crippen LogP contribution is 2.25. The van der Waals surface area contributed by atoms with E-state index in [1.807, 2.05) is 32.0 Å². The number of nitrogens with one attached hydrogen (secondary N) is 1. The summed E-state index contributed by atoms with van der Waals surface area (Å²) in [5.74, 6) is -0.614. The van der Waals surface area contributed by atoms with E-state index in [9.17, 15) is 9.90 Å². The number of aromatic carboxylic acids is 1. The van der Waals surface area contributed by atoms with Crippen LogP contribution in [0.4, 0.5) is 11.5 Å². The number of rotatable bonds is 3. The molecule has 5 heteroatoms. The molecule has 0 unspecified atom stereocenters. The second kappa shape index (κ2) is 5.63. The molecule has 20 heavy (non-hydrogen) atoms. The topological polar surface area (TPSA) is 62.2 Å². The number of carboxylic acid groups (broad SMARTS) is 1. The Morgan fingerprint density at radius 1 is 1.20 bits per heavy atom. The van der Waals surface area contributed by atoms with Gasteiger partial charge in [0.05, 0.1) is 0 Å². The van der Waals surface area contributed by atoms with Gasteiger partial charge < -0.3 is 10.4 Å². The minimum atomic E-state index is -0.982. The standard InChI is InChI=1S/C15H15BrN2O2/c1-8-4-11(16)7-12(5-8)18-14-13(15(19)20)9(2)6-10(3)17-14/h4-7H,1-3H3,(H,17,18)(H,19,20). The van der Waals surface area contributed by atoms with Crippen LogP contribution < -0.4 is 5.32 Å². The molecule has 4 nitrogen and oxygen atoms in total. The largest absolute Gasteiger partial charge is 0.478 e. The fourth-order valence-electron chi connectivity index (χ4n) is 2.14. The summed E-state index contributed by atoms with van der Waals surface area (Å²) in [6.07, 6.45) is 0. The number of hydrogen-bond acceptors (Lipinski definition) is 3. The van der Waals surface area contributed by atoms with Crippen LogP contribution in [0.5, 0.6) is 0 Å². The molecular formula is C15H15BrN2O2. The van der Waals surface area contributed by atoms with Crippen LogP contribution in [-0.4, -0.2) is 16.1 Å². The van der Waals surface area contributed by atoms with Crippen molar-refractivity contribution >= 4 is 33.4 Å². The van der Waals surface area contributed by atoms with Crippen LogP contribution in [0.2, 0.25) is 0 Å². The quantitative estimate of drug-likeness (QED) is 0.882. The molecule has 0 saturated carbocycles. The van der Waals surface area contributed by atoms with Crippen LogP contribution >= 0.6 is 15.9 Å². The number of aromatic nitrogens is 1. The lowest BCUT2D eigenvalue weighted by molar-refractivity contribution is 0.0697. The Bertz CT molecular complexity index is 664. The van der Waals surface area contributed by atoms with Crippen molar-refractivity contribution in [1.29, 1.82) is 0 Å². The molecule has 0 bridgehead atoms. The molecule has 0 fully saturated rings. The van der Waals surface area contributed by atoms with E-state index in [1.165, 1.54) is 0 Å². The van der Waals surface area contributed by atoms with Gasteiger partial charge in [-0.1, -0.05) is 15.9 Å². The van der Waals surface area contributed by atoms with Gasteiger partial charge in [-0.05, 0) is 56.2 Å². The Labute approximate surface area is 126 Å². The molecule has 0 aliphatic carbocycles. The van der Waals surface area contributed by atoms with Crippen LogP contribution in [0, 0.1) is 20.8 Å². The predicted molar refractivity (Wildman–Crippen MR) is 82.8 cm³/mol. The molecule has 0 atom stereocenters. The lowest BCUT2D eigenvalue weighted by Gasteiger charge is -2.12. The van der Waals surface area contributed by atoms with Crippen molar-refractivity contribution in [3.63, 3.8) is 0 Å². The maximum absolute atomic E-state index is 11.4. The fourth-order valence-corrected chi connectivity index (χ4v) is 2.75. The smallest absolute Gasteiger partial charge is 0.339 e. The molecule has 0 amide bonds. The van der Waals surface area contributed by atoms with Gasteiger partial charge in [0.25, 0.3) is 0 Å². The number of carboxylic acids is 1. The molecule has 2 aromatic rings. The zero-order chi connectivity index (χ0) is 14.9. The highest BCUT2D eigenvalue weighted by atomic mass is 79.9. The summed E-state index contributed by atoms with van der Waals surface area (Å²) in [5, 5.41) is 12.4. The SMILES string of the molecule is Cc1cc(Br)cc(Nc2nc(C)cc(C)c2C(=O)O)c1. The first-order valence-corrected chi connectivity index (χ1v) is 6.92. The summed E-state index contributed by atoms with van der Waals surface area (Å²) in [7, 11) is 0. The minimum absolute atomic E-state index is 0.202. The van der Waals surface area contributed by atoms with E-state index >= 15 is 0 Å². The monoisotopic (exact) mass is 334 g/mol. The van der Waals surface area contributed by atoms with Gasteiger partial charge in [0.1, 0.15) is 11.4 Å². The van der Waals surface area contributed by atoms with Crippen molar-refractivity contribution in [1.82, 2.24) is 4.98 Å². The van der Waals surface area contributed by atoms with Gasteiger partial charge in [0, 0.05) is 15.9 Å². The van der Waals surface area contributed by atoms with Crippen LogP contribution in [0.15, 0.2) is 28.7 Å². The first-order chi connectivity index (χ1) is 9.36. The van der Waals surface area contributed by atoms with Crippen molar-refractivity contribution in [3.8, 4) is 0 Å². The fraction of sp³-hybridized carbons (Fsp3) is 0.200. The van der Waals surface area contributed by atoms with Gasteiger partial charge in [0.2, 0.25) is 0 Å². The molecule has 2 rings (SSSR count). The van der Waals surface area contributed by atoms with Crippen LogP contribution in [0.1, 0.15) is 27.2 Å². The Balaban J connectivity index is 2.49. The minimum Gasteiger partial charge on any atom is -0.478 e. The first kappa shape index (κ1) is 14.5. The number of hydrogen-bond donors (Lipinski definition) is 2. The number of aryl methyl sites for hydroxylation is 3. The van der Waals surface area contributed by atoms with Crippen molar-refractivity contribution < 1.29 is 9.90 Å². The van der Waals surface area contributed by atoms with Crippen LogP contribution in [0.25, 0.3) is 0 Å². The third kappa shape index (κ3) is 3.17. The summed E-state index contributed by atoms with van der Waals surface area (Å²) in [6, 6.07) is 7.58. The second-order valence-corrected chi connectivity index (χ2v) is 5.67. The van der Waals surface area contributed by atoms with E-state index in [0.29, 0.717) is 11.4 Å². The van der Waals surface area contributed by atoms with E-state index in [-0.39, 0.29) is 5.56 Å². The van der Waals surface area contributed by atoms with Crippen molar-refractivity contribution in [3.05, 3.63) is 51.1 Å². The first-order valence-electron chi connectivity index (χ1n) is 6.12. The van der Waals surface area contributed by atoms with Gasteiger partial charge in [-0.3, -0.25) is 0 Å². The lowest BCUT2D eigenvalue weighted by Crippen LogP contribution is -2.08. The molecule has 0 aliphatic rings. The molecule has 0 spiro atoms. The third-order valence-corrected chi connectivity index (χ3v) is 3.32. The molecule has 2 N–H and O–H groups in total. The van der Waals surface area contributed by atoms with Crippen molar-refractivity contribution in [2.24, 2.45) is 0 Å². The van der Waals surface area contributed by atoms with Crippen molar-refractivity contribution in [2.45, 2.75) is 20.8 Å². The second-order valence-electron chi connectivity index (χ2n) is 4.75. The lowest BCUT2D eigenvalue weighted by atomic mass is 10.1. The normalized spacial score (nSPS) is 10.4. The average molecular weight is 335 g/mol. The molecule has 1 aromatic heterocycles. The Morgan fingerprint density at radius 3 is 2.50 bits per heavy atom. The predicted octanol–water partition coefficient (Wildman–Crippen LogP) is 4.21. The Hall–Kier alpha value is -1.88. The Kier molecular flexibility index (Phi) is 4.09. The zero-order valence-electron chi connectivity index (χ0n) is 11.5. The van der Waals surface area contributed by atoms with Gasteiger partial charge >= 0.3 is 5.97 Å². The number of benzene rings is 1. The number of pyridine rings is 1. The Morgan fingerprint density at radius 2 is 1.90 bits per heavy atom. The van der Waals surface area contributed by atoms with E-state index in [4.69, 9.17) is 0 Å². The van der Waals surface area contributed by atoms with E-state index in [0.717, 1.165) is 21.4 Å². The van der Waals surface area contributed by atoms with E-state index in [2.05, 4.69) is 26.2 Å². The maximum Gasteiger partial charge on any atom is 0.339 e. The van der Waals surface area contributed by atoms with E-state index in [1.54, 1.807) is 13.0 Å². The number of anilines is 2. The van der Waals surface area contributed by atoms with Crippen LogP contribution in [0.3, 0.4) is 0 Å². The molecule has 0 aliphatic heterocycles. The number of carbonyl (C=O) groups is 1. The summed E-state index contributed by atoms with van der Waals surface area (Å²) >= 11 is 3.43. The van der Waals surface area contributed by atoms with Gasteiger partial charge in [-0.15, -0.1) is 0 Å². The maximum atomic E-state index is 11.4. The van der Waals surface area contributed by atoms with Gasteiger partial charge in [0.15, 0.2) is 0 Å². The summed E-state index contributed by atoms with van der Waals surface area (Å²) in [4.78, 5) is 15.7. The van der Waals surface area contributed by atoms with Crippen LogP contribution in [-0.2, 0) is 0 Å². The van der Waals surface area contributed by atoms with Gasteiger partial charge in [-0.25, -0.2) is 9.78 Å². The number of halogens is 1. The highest BCUT2D eigenvalue weighted by molar-refractivity contribution is 9.10. The molecule has 1 heterocycles. The molecule has 0 radical (unpaired) electrons. The van der Waals surface area contributed by atoms with Gasteiger partial charge in [-0.2, -0.15) is 0 Å². The summed E-state index contributed by atoms with van der Waals surface area (Å²) in [6.45, 7) is 5.59. The molecule has 104 valence electrons. The zero-order valence-corrected chi connectivity index (χ0v) is 13.1. The average Bonchev–Trinajstić information content (AvgIpc) is 2.25. The molecule has 1 aromatic carbocycles. The number of nitrogens with zero attached hydrogens (tertiary/aromatic N) is 1. The molecular weight excluding hydrogens is 320 g/mol. The highest BCUT2D eigenvalue weighted by Gasteiger charge is 2.16. The third-order valence-electron chi connectivity index (χ3n) is 2.86. The molecule has 0 saturated heterocycles.